The highest BCUT2D eigenvalue weighted by molar-refractivity contribution is 6.00. The molecule has 0 unspecified atom stereocenters. The predicted molar refractivity (Wildman–Crippen MR) is 99.7 cm³/mol. The number of ether oxygens (including phenoxy) is 2. The van der Waals surface area contributed by atoms with Crippen LogP contribution in [0.2, 0.25) is 0 Å². The molecule has 0 saturated heterocycles. The van der Waals surface area contributed by atoms with Crippen molar-refractivity contribution < 1.29 is 29.3 Å². The zero-order valence-electron chi connectivity index (χ0n) is 14.8. The van der Waals surface area contributed by atoms with Gasteiger partial charge in [0.25, 0.3) is 5.91 Å². The van der Waals surface area contributed by atoms with Crippen LogP contribution in [0.4, 0.5) is 0 Å². The van der Waals surface area contributed by atoms with Gasteiger partial charge in [0.15, 0.2) is 5.60 Å². The van der Waals surface area contributed by atoms with E-state index in [4.69, 9.17) is 15.3 Å². The first-order valence-corrected chi connectivity index (χ1v) is 8.67. The summed E-state index contributed by atoms with van der Waals surface area (Å²) in [5.74, 6) is 4.61. The van der Waals surface area contributed by atoms with Crippen LogP contribution in [0.1, 0.15) is 37.4 Å². The van der Waals surface area contributed by atoms with Crippen LogP contribution in [0.15, 0.2) is 54.6 Å². The van der Waals surface area contributed by atoms with Crippen molar-refractivity contribution >= 4 is 11.9 Å². The molecule has 1 spiro atoms. The lowest BCUT2D eigenvalue weighted by Gasteiger charge is -2.36. The molecule has 2 aliphatic heterocycles. The normalized spacial score (nSPS) is 15.0. The first kappa shape index (κ1) is 17.1. The number of fused-ring (bicyclic) bond motifs is 6. The number of nitrogens with one attached hydrogen (secondary N) is 1. The van der Waals surface area contributed by atoms with E-state index >= 15 is 0 Å². The Bertz CT molecular complexity index is 1170. The van der Waals surface area contributed by atoms with E-state index in [1.807, 2.05) is 0 Å². The lowest BCUT2D eigenvalue weighted by atomic mass is 9.77. The molecule has 0 aliphatic carbocycles. The van der Waals surface area contributed by atoms with Crippen molar-refractivity contribution in [3.8, 4) is 23.0 Å². The Morgan fingerprint density at radius 3 is 2.10 bits per heavy atom. The van der Waals surface area contributed by atoms with Crippen LogP contribution >= 0.6 is 0 Å². The summed E-state index contributed by atoms with van der Waals surface area (Å²) in [6, 6.07) is 13.4. The topological polar surface area (TPSA) is 131 Å². The van der Waals surface area contributed by atoms with E-state index in [1.54, 1.807) is 18.2 Å². The lowest BCUT2D eigenvalue weighted by molar-refractivity contribution is 0.0224. The number of carbonyl (C=O) groups is 2. The maximum absolute atomic E-state index is 12.8. The minimum absolute atomic E-state index is 0.0386. The van der Waals surface area contributed by atoms with E-state index in [9.17, 15) is 19.8 Å². The monoisotopic (exact) mass is 390 g/mol. The second kappa shape index (κ2) is 5.73. The largest absolute Gasteiger partial charge is 0.508 e. The van der Waals surface area contributed by atoms with Gasteiger partial charge in [0.2, 0.25) is 0 Å². The minimum Gasteiger partial charge on any atom is -0.508 e. The maximum atomic E-state index is 12.8. The van der Waals surface area contributed by atoms with Crippen LogP contribution in [-0.4, -0.2) is 22.1 Å². The molecule has 0 radical (unpaired) electrons. The Labute approximate surface area is 164 Å². The van der Waals surface area contributed by atoms with Gasteiger partial charge in [0, 0.05) is 34.4 Å². The number of nitrogen functional groups attached to an aromatic ring is 1. The van der Waals surface area contributed by atoms with Gasteiger partial charge in [-0.2, -0.15) is 0 Å². The van der Waals surface area contributed by atoms with E-state index in [-0.39, 0.29) is 28.6 Å². The summed E-state index contributed by atoms with van der Waals surface area (Å²) in [5, 5.41) is 19.8. The van der Waals surface area contributed by atoms with Crippen LogP contribution in [0.5, 0.6) is 23.0 Å². The smallest absolute Gasteiger partial charge is 0.340 e. The summed E-state index contributed by atoms with van der Waals surface area (Å²) >= 11 is 0. The highest BCUT2D eigenvalue weighted by atomic mass is 16.6. The average molecular weight is 390 g/mol. The maximum Gasteiger partial charge on any atom is 0.340 e. The number of aromatic hydroxyl groups is 2. The van der Waals surface area contributed by atoms with Gasteiger partial charge in [-0.15, -0.1) is 0 Å². The molecule has 5 rings (SSSR count). The van der Waals surface area contributed by atoms with Crippen molar-refractivity contribution in [1.29, 1.82) is 0 Å². The van der Waals surface area contributed by atoms with Crippen molar-refractivity contribution in [2.75, 3.05) is 0 Å². The van der Waals surface area contributed by atoms with Crippen molar-refractivity contribution in [1.82, 2.24) is 5.43 Å². The number of rotatable bonds is 1. The second-order valence-electron chi connectivity index (χ2n) is 6.77. The molecular formula is C21H14N2O6. The van der Waals surface area contributed by atoms with Crippen molar-refractivity contribution in [3.63, 3.8) is 0 Å². The number of hydrazine groups is 1. The lowest BCUT2D eigenvalue weighted by Crippen LogP contribution is -2.34. The molecule has 3 aromatic carbocycles. The van der Waals surface area contributed by atoms with E-state index in [1.165, 1.54) is 36.4 Å². The van der Waals surface area contributed by atoms with Gasteiger partial charge < -0.3 is 19.7 Å². The first-order valence-electron chi connectivity index (χ1n) is 8.67. The van der Waals surface area contributed by atoms with Gasteiger partial charge in [-0.25, -0.2) is 10.6 Å². The third kappa shape index (κ3) is 2.23. The Hall–Kier alpha value is -4.04. The van der Waals surface area contributed by atoms with Gasteiger partial charge in [-0.3, -0.25) is 10.2 Å². The highest BCUT2D eigenvalue weighted by Crippen LogP contribution is 2.57. The number of phenolic OH excluding ortho intramolecular Hbond substituents is 2. The Morgan fingerprint density at radius 1 is 0.897 bits per heavy atom. The molecule has 0 fully saturated rings. The number of phenols is 2. The molecule has 29 heavy (non-hydrogen) atoms. The molecular weight excluding hydrogens is 376 g/mol. The number of nitrogens with two attached hydrogens (primary N) is 1. The fourth-order valence-corrected chi connectivity index (χ4v) is 3.92. The molecule has 5 N–H and O–H groups in total. The van der Waals surface area contributed by atoms with Crippen LogP contribution in [0.3, 0.4) is 0 Å². The fourth-order valence-electron chi connectivity index (χ4n) is 3.92. The molecule has 8 heteroatoms. The molecule has 0 atom stereocenters. The molecule has 0 aromatic heterocycles. The molecule has 2 aliphatic rings. The van der Waals surface area contributed by atoms with Gasteiger partial charge >= 0.3 is 5.97 Å². The quantitative estimate of drug-likeness (QED) is 0.217. The SMILES string of the molecule is NNC(=O)c1ccc2c(c1)C1(OC2=O)c2ccc(O)cc2Oc2cc(O)ccc21. The summed E-state index contributed by atoms with van der Waals surface area (Å²) in [7, 11) is 0. The summed E-state index contributed by atoms with van der Waals surface area (Å²) in [5.41, 5.74) is 2.59. The minimum atomic E-state index is -1.42. The average Bonchev–Trinajstić information content (AvgIpc) is 2.99. The van der Waals surface area contributed by atoms with E-state index < -0.39 is 17.5 Å². The number of hydrogen-bond donors (Lipinski definition) is 4. The van der Waals surface area contributed by atoms with Gasteiger partial charge in [-0.1, -0.05) is 0 Å². The van der Waals surface area contributed by atoms with E-state index in [0.29, 0.717) is 22.3 Å². The molecule has 2 heterocycles. The second-order valence-corrected chi connectivity index (χ2v) is 6.77. The van der Waals surface area contributed by atoms with Crippen molar-refractivity contribution in [2.45, 2.75) is 5.60 Å². The van der Waals surface area contributed by atoms with E-state index in [0.717, 1.165) is 0 Å². The molecule has 0 saturated carbocycles. The van der Waals surface area contributed by atoms with Crippen molar-refractivity contribution in [2.24, 2.45) is 5.84 Å². The summed E-state index contributed by atoms with van der Waals surface area (Å²) in [6.45, 7) is 0. The zero-order chi connectivity index (χ0) is 20.3. The van der Waals surface area contributed by atoms with Crippen LogP contribution in [0, 0.1) is 0 Å². The fraction of sp³-hybridized carbons (Fsp3) is 0.0476. The molecule has 8 nitrogen and oxygen atoms in total. The third-order valence-electron chi connectivity index (χ3n) is 5.17. The Balaban J connectivity index is 1.87. The number of hydrogen-bond acceptors (Lipinski definition) is 7. The molecule has 144 valence electrons. The Morgan fingerprint density at radius 2 is 1.52 bits per heavy atom. The molecule has 0 bridgehead atoms. The summed E-state index contributed by atoms with van der Waals surface area (Å²) in [4.78, 5) is 24.8. The molecule has 3 aromatic rings. The third-order valence-corrected chi connectivity index (χ3v) is 5.17. The zero-order valence-corrected chi connectivity index (χ0v) is 14.8. The Kier molecular flexibility index (Phi) is 3.37. The number of esters is 1. The van der Waals surface area contributed by atoms with Crippen LogP contribution < -0.4 is 16.0 Å². The summed E-state index contributed by atoms with van der Waals surface area (Å²) < 4.78 is 11.8. The first-order chi connectivity index (χ1) is 13.9. The standard InChI is InChI=1S/C21H14N2O6/c22-23-19(26)10-1-4-13-16(7-10)21(29-20(13)27)14-5-2-11(24)8-17(14)28-18-9-12(25)3-6-15(18)21/h1-9,24-25H,22H2,(H,23,26). The highest BCUT2D eigenvalue weighted by Gasteiger charge is 2.53. The van der Waals surface area contributed by atoms with E-state index in [2.05, 4.69) is 5.43 Å². The predicted octanol–water partition coefficient (Wildman–Crippen LogP) is 2.27. The number of carbonyl (C=O) groups excluding carboxylic acids is 2. The number of benzene rings is 3. The number of amides is 1. The molecule has 1 amide bonds. The van der Waals surface area contributed by atoms with Gasteiger partial charge in [0.05, 0.1) is 5.56 Å². The van der Waals surface area contributed by atoms with Crippen LogP contribution in [-0.2, 0) is 10.3 Å². The van der Waals surface area contributed by atoms with Crippen molar-refractivity contribution in [3.05, 3.63) is 82.4 Å². The van der Waals surface area contributed by atoms with Crippen LogP contribution in [0.25, 0.3) is 0 Å². The summed E-state index contributed by atoms with van der Waals surface area (Å²) in [6.07, 6.45) is 0. The van der Waals surface area contributed by atoms with Gasteiger partial charge in [0.1, 0.15) is 23.0 Å². The van der Waals surface area contributed by atoms with Gasteiger partial charge in [-0.05, 0) is 42.5 Å².